The van der Waals surface area contributed by atoms with Crippen LogP contribution >= 0.6 is 11.8 Å². The van der Waals surface area contributed by atoms with E-state index in [1.807, 2.05) is 47.0 Å². The molecule has 9 heteroatoms. The second kappa shape index (κ2) is 12.2. The van der Waals surface area contributed by atoms with E-state index in [1.165, 1.54) is 17.3 Å². The number of amides is 2. The number of aromatic nitrogens is 3. The fraction of sp³-hybridized carbons (Fsp3) is 0.214. The lowest BCUT2D eigenvalue weighted by Gasteiger charge is -2.18. The third-order valence-electron chi connectivity index (χ3n) is 5.89. The Morgan fingerprint density at radius 2 is 1.70 bits per heavy atom. The molecular formula is C28H29N5O3S. The van der Waals surface area contributed by atoms with E-state index in [1.54, 1.807) is 24.3 Å². The van der Waals surface area contributed by atoms with Gasteiger partial charge in [0.25, 0.3) is 0 Å². The van der Waals surface area contributed by atoms with Gasteiger partial charge in [-0.25, -0.2) is 0 Å². The Morgan fingerprint density at radius 3 is 2.35 bits per heavy atom. The first-order valence-electron chi connectivity index (χ1n) is 12.0. The fourth-order valence-corrected chi connectivity index (χ4v) is 4.62. The molecule has 0 aliphatic carbocycles. The van der Waals surface area contributed by atoms with Gasteiger partial charge in [-0.15, -0.1) is 10.2 Å². The number of rotatable bonds is 11. The van der Waals surface area contributed by atoms with Gasteiger partial charge in [0.2, 0.25) is 11.8 Å². The lowest BCUT2D eigenvalue weighted by molar-refractivity contribution is -0.113. The van der Waals surface area contributed by atoms with Crippen LogP contribution in [0.2, 0.25) is 0 Å². The van der Waals surface area contributed by atoms with E-state index in [-0.39, 0.29) is 24.3 Å². The minimum atomic E-state index is -0.516. The Hall–Kier alpha value is -4.11. The van der Waals surface area contributed by atoms with Gasteiger partial charge in [-0.1, -0.05) is 61.2 Å². The number of ether oxygens (including phenoxy) is 1. The summed E-state index contributed by atoms with van der Waals surface area (Å²) in [6.45, 7) is 4.43. The molecule has 0 saturated heterocycles. The molecule has 0 aliphatic rings. The maximum absolute atomic E-state index is 12.6. The quantitative estimate of drug-likeness (QED) is 0.276. The summed E-state index contributed by atoms with van der Waals surface area (Å²) in [4.78, 5) is 23.9. The van der Waals surface area contributed by atoms with Crippen molar-refractivity contribution in [1.29, 1.82) is 0 Å². The number of nitrogens with two attached hydrogens (primary N) is 1. The molecule has 1 heterocycles. The van der Waals surface area contributed by atoms with Crippen molar-refractivity contribution < 1.29 is 14.3 Å². The Bertz CT molecular complexity index is 1340. The van der Waals surface area contributed by atoms with E-state index in [0.717, 1.165) is 17.7 Å². The predicted molar refractivity (Wildman–Crippen MR) is 145 cm³/mol. The molecule has 2 amide bonds. The van der Waals surface area contributed by atoms with Crippen LogP contribution in [0, 0.1) is 0 Å². The summed E-state index contributed by atoms with van der Waals surface area (Å²) < 4.78 is 8.03. The molecule has 0 fully saturated rings. The first kappa shape index (κ1) is 26.0. The molecule has 0 radical (unpaired) electrons. The molecule has 3 N–H and O–H groups in total. The van der Waals surface area contributed by atoms with Crippen molar-refractivity contribution in [3.63, 3.8) is 0 Å². The first-order chi connectivity index (χ1) is 17.9. The summed E-state index contributed by atoms with van der Waals surface area (Å²) in [7, 11) is 0. The highest BCUT2D eigenvalue weighted by atomic mass is 32.2. The average molecular weight is 516 g/mol. The van der Waals surface area contributed by atoms with Crippen LogP contribution < -0.4 is 15.8 Å². The number of hydrogen-bond donors (Lipinski definition) is 2. The molecule has 8 nitrogen and oxygen atoms in total. The molecule has 1 aromatic heterocycles. The van der Waals surface area contributed by atoms with Gasteiger partial charge in [0.1, 0.15) is 12.4 Å². The van der Waals surface area contributed by atoms with E-state index in [4.69, 9.17) is 10.5 Å². The number of carbonyl (C=O) groups excluding carboxylic acids is 2. The highest BCUT2D eigenvalue weighted by Crippen LogP contribution is 2.27. The van der Waals surface area contributed by atoms with E-state index >= 15 is 0 Å². The second-order valence-electron chi connectivity index (χ2n) is 8.42. The summed E-state index contributed by atoms with van der Waals surface area (Å²) in [5, 5.41) is 12.2. The fourth-order valence-electron chi connectivity index (χ4n) is 3.79. The van der Waals surface area contributed by atoms with Gasteiger partial charge in [0.05, 0.1) is 11.8 Å². The summed E-state index contributed by atoms with van der Waals surface area (Å²) in [6, 6.07) is 24.4. The highest BCUT2D eigenvalue weighted by Gasteiger charge is 2.20. The normalized spacial score (nSPS) is 11.6. The number of nitrogens with zero attached hydrogens (tertiary/aromatic N) is 3. The van der Waals surface area contributed by atoms with Crippen LogP contribution in [-0.2, 0) is 17.8 Å². The van der Waals surface area contributed by atoms with Gasteiger partial charge in [-0.05, 0) is 60.9 Å². The summed E-state index contributed by atoms with van der Waals surface area (Å²) in [5.41, 5.74) is 8.57. The smallest absolute Gasteiger partial charge is 0.248 e. The molecule has 0 unspecified atom stereocenters. The Morgan fingerprint density at radius 1 is 1.00 bits per heavy atom. The molecule has 190 valence electrons. The monoisotopic (exact) mass is 515 g/mol. The number of hydrogen-bond acceptors (Lipinski definition) is 6. The molecule has 37 heavy (non-hydrogen) atoms. The second-order valence-corrected chi connectivity index (χ2v) is 9.36. The number of benzene rings is 3. The third kappa shape index (κ3) is 6.77. The minimum Gasteiger partial charge on any atom is -0.486 e. The molecule has 1 atom stereocenters. The van der Waals surface area contributed by atoms with Crippen LogP contribution in [0.1, 0.15) is 47.2 Å². The molecular weight excluding hydrogens is 486 g/mol. The number of primary amides is 1. The summed E-state index contributed by atoms with van der Waals surface area (Å²) in [6.07, 6.45) is 0.968. The number of carbonyl (C=O) groups is 2. The average Bonchev–Trinajstić information content (AvgIpc) is 3.34. The number of anilines is 1. The van der Waals surface area contributed by atoms with E-state index < -0.39 is 5.91 Å². The molecule has 3 aromatic carbocycles. The van der Waals surface area contributed by atoms with E-state index in [9.17, 15) is 9.59 Å². The first-order valence-corrected chi connectivity index (χ1v) is 13.0. The summed E-state index contributed by atoms with van der Waals surface area (Å²) in [5.74, 6) is 0.845. The SMILES string of the molecule is CCc1ccc(OCc2nnc(SCC(=O)Nc3ccc(C(N)=O)cc3)n2[C@H](C)c2ccccc2)cc1. The zero-order chi connectivity index (χ0) is 26.2. The third-order valence-corrected chi connectivity index (χ3v) is 6.83. The van der Waals surface area contributed by atoms with Gasteiger partial charge in [-0.3, -0.25) is 14.2 Å². The van der Waals surface area contributed by atoms with Crippen LogP contribution in [0.4, 0.5) is 5.69 Å². The molecule has 0 aliphatic heterocycles. The van der Waals surface area contributed by atoms with Gasteiger partial charge < -0.3 is 15.8 Å². The maximum Gasteiger partial charge on any atom is 0.248 e. The Balaban J connectivity index is 1.48. The zero-order valence-electron chi connectivity index (χ0n) is 20.8. The Labute approximate surface area is 220 Å². The minimum absolute atomic E-state index is 0.0656. The van der Waals surface area contributed by atoms with Crippen molar-refractivity contribution in [2.45, 2.75) is 38.1 Å². The highest BCUT2D eigenvalue weighted by molar-refractivity contribution is 7.99. The van der Waals surface area contributed by atoms with Crippen LogP contribution in [0.15, 0.2) is 84.0 Å². The maximum atomic E-state index is 12.6. The lowest BCUT2D eigenvalue weighted by atomic mass is 10.1. The van der Waals surface area contributed by atoms with Crippen LogP contribution in [-0.4, -0.2) is 32.3 Å². The van der Waals surface area contributed by atoms with Crippen molar-refractivity contribution >= 4 is 29.3 Å². The van der Waals surface area contributed by atoms with Crippen LogP contribution in [0.5, 0.6) is 5.75 Å². The van der Waals surface area contributed by atoms with Gasteiger partial charge in [-0.2, -0.15) is 0 Å². The number of thioether (sulfide) groups is 1. The Kier molecular flexibility index (Phi) is 8.58. The van der Waals surface area contributed by atoms with Crippen molar-refractivity contribution in [3.05, 3.63) is 101 Å². The van der Waals surface area contributed by atoms with Crippen LogP contribution in [0.25, 0.3) is 0 Å². The lowest BCUT2D eigenvalue weighted by Crippen LogP contribution is -2.17. The number of aryl methyl sites for hydroxylation is 1. The van der Waals surface area contributed by atoms with Gasteiger partial charge in [0, 0.05) is 11.3 Å². The largest absolute Gasteiger partial charge is 0.486 e. The zero-order valence-corrected chi connectivity index (χ0v) is 21.6. The molecule has 0 bridgehead atoms. The van der Waals surface area contributed by atoms with Crippen molar-refractivity contribution in [3.8, 4) is 5.75 Å². The van der Waals surface area contributed by atoms with Crippen molar-refractivity contribution in [2.24, 2.45) is 5.73 Å². The van der Waals surface area contributed by atoms with Crippen molar-refractivity contribution in [1.82, 2.24) is 14.8 Å². The molecule has 0 saturated carbocycles. The van der Waals surface area contributed by atoms with Gasteiger partial charge >= 0.3 is 0 Å². The number of nitrogens with one attached hydrogen (secondary N) is 1. The molecule has 4 rings (SSSR count). The van der Waals surface area contributed by atoms with Gasteiger partial charge in [0.15, 0.2) is 11.0 Å². The molecule has 0 spiro atoms. The summed E-state index contributed by atoms with van der Waals surface area (Å²) >= 11 is 1.30. The topological polar surface area (TPSA) is 112 Å². The van der Waals surface area contributed by atoms with Crippen LogP contribution in [0.3, 0.4) is 0 Å². The standard InChI is InChI=1S/C28H29N5O3S/c1-3-20-9-15-24(16-10-20)36-17-25-31-32-28(33(25)19(2)21-7-5-4-6-8-21)37-18-26(34)30-23-13-11-22(12-14-23)27(29)35/h4-16,19H,3,17-18H2,1-2H3,(H2,29,35)(H,30,34)/t19-/m1/s1. The molecule has 4 aromatic rings. The predicted octanol–water partition coefficient (Wildman–Crippen LogP) is 4.86. The van der Waals surface area contributed by atoms with Crippen molar-refractivity contribution in [2.75, 3.05) is 11.1 Å². The van der Waals surface area contributed by atoms with E-state index in [0.29, 0.717) is 22.2 Å². The van der Waals surface area contributed by atoms with E-state index in [2.05, 4.69) is 41.5 Å².